The fourth-order valence-corrected chi connectivity index (χ4v) is 4.31. The van der Waals surface area contributed by atoms with Gasteiger partial charge in [0, 0.05) is 43.9 Å². The Hall–Kier alpha value is -4.06. The van der Waals surface area contributed by atoms with Gasteiger partial charge in [0.1, 0.15) is 17.5 Å². The van der Waals surface area contributed by atoms with Crippen LogP contribution >= 0.6 is 0 Å². The molecule has 0 aliphatic carbocycles. The predicted molar refractivity (Wildman–Crippen MR) is 152 cm³/mol. The van der Waals surface area contributed by atoms with Gasteiger partial charge in [-0.05, 0) is 25.3 Å². The quantitative estimate of drug-likeness (QED) is 0.185. The monoisotopic (exact) mass is 549 g/mol. The van der Waals surface area contributed by atoms with E-state index in [-0.39, 0.29) is 37.9 Å². The van der Waals surface area contributed by atoms with Gasteiger partial charge in [0.05, 0.1) is 12.5 Å². The zero-order valence-electron chi connectivity index (χ0n) is 22.8. The lowest BCUT2D eigenvalue weighted by molar-refractivity contribution is -0.135. The molecule has 0 aliphatic rings. The third-order valence-corrected chi connectivity index (χ3v) is 6.55. The van der Waals surface area contributed by atoms with Crippen molar-refractivity contribution in [2.24, 2.45) is 17.2 Å². The van der Waals surface area contributed by atoms with Crippen molar-refractivity contribution >= 4 is 17.7 Å². The summed E-state index contributed by atoms with van der Waals surface area (Å²) in [7, 11) is 0. The average Bonchev–Trinajstić information content (AvgIpc) is 3.34. The van der Waals surface area contributed by atoms with Crippen molar-refractivity contribution < 1.29 is 18.9 Å². The first kappa shape index (κ1) is 30.5. The summed E-state index contributed by atoms with van der Waals surface area (Å²) in [5.41, 5.74) is 20.5. The SMILES string of the molecule is Cc1onc(-c2ccccc2)c1CNC(=O)C(CCc1ccccc1)NC(=O)C(N)CC(=O)N(CCN)CCN. The van der Waals surface area contributed by atoms with Crippen LogP contribution in [0.15, 0.2) is 65.2 Å². The van der Waals surface area contributed by atoms with E-state index in [0.29, 0.717) is 37.4 Å². The molecule has 11 nitrogen and oxygen atoms in total. The van der Waals surface area contributed by atoms with Crippen LogP contribution in [-0.2, 0) is 27.3 Å². The van der Waals surface area contributed by atoms with Gasteiger partial charge in [-0.2, -0.15) is 0 Å². The van der Waals surface area contributed by atoms with Crippen LogP contribution in [0.1, 0.15) is 29.7 Å². The molecule has 2 atom stereocenters. The van der Waals surface area contributed by atoms with Crippen molar-refractivity contribution in [1.29, 1.82) is 0 Å². The largest absolute Gasteiger partial charge is 0.361 e. The fraction of sp³-hybridized carbons (Fsp3) is 0.379. The molecule has 2 unspecified atom stereocenters. The molecule has 3 amide bonds. The maximum absolute atomic E-state index is 13.4. The molecule has 3 aromatic rings. The highest BCUT2D eigenvalue weighted by atomic mass is 16.5. The summed E-state index contributed by atoms with van der Waals surface area (Å²) in [6.45, 7) is 3.12. The Morgan fingerprint density at radius 3 is 2.20 bits per heavy atom. The van der Waals surface area contributed by atoms with E-state index in [1.165, 1.54) is 4.90 Å². The third kappa shape index (κ3) is 8.73. The summed E-state index contributed by atoms with van der Waals surface area (Å²) in [6.07, 6.45) is 0.664. The zero-order valence-corrected chi connectivity index (χ0v) is 22.8. The molecule has 0 radical (unpaired) electrons. The summed E-state index contributed by atoms with van der Waals surface area (Å²) in [4.78, 5) is 40.5. The molecule has 0 saturated carbocycles. The molecule has 0 spiro atoms. The Labute approximate surface area is 234 Å². The van der Waals surface area contributed by atoms with Gasteiger partial charge in [-0.1, -0.05) is 65.8 Å². The second-order valence-corrected chi connectivity index (χ2v) is 9.50. The predicted octanol–water partition coefficient (Wildman–Crippen LogP) is 0.847. The minimum atomic E-state index is -1.14. The van der Waals surface area contributed by atoms with Gasteiger partial charge in [0.2, 0.25) is 17.7 Å². The van der Waals surface area contributed by atoms with E-state index in [1.54, 1.807) is 6.92 Å². The minimum absolute atomic E-state index is 0.160. The van der Waals surface area contributed by atoms with E-state index in [0.717, 1.165) is 16.7 Å². The molecule has 0 bridgehead atoms. The van der Waals surface area contributed by atoms with E-state index in [4.69, 9.17) is 21.7 Å². The van der Waals surface area contributed by atoms with Crippen LogP contribution in [-0.4, -0.2) is 66.0 Å². The number of amides is 3. The first-order valence-corrected chi connectivity index (χ1v) is 13.4. The van der Waals surface area contributed by atoms with Crippen molar-refractivity contribution in [1.82, 2.24) is 20.7 Å². The molecular weight excluding hydrogens is 510 g/mol. The smallest absolute Gasteiger partial charge is 0.242 e. The molecule has 0 saturated heterocycles. The summed E-state index contributed by atoms with van der Waals surface area (Å²) in [5, 5.41) is 9.82. The maximum atomic E-state index is 13.4. The van der Waals surface area contributed by atoms with Gasteiger partial charge in [-0.25, -0.2) is 0 Å². The molecule has 1 heterocycles. The number of hydrogen-bond donors (Lipinski definition) is 5. The van der Waals surface area contributed by atoms with E-state index in [1.807, 2.05) is 60.7 Å². The summed E-state index contributed by atoms with van der Waals surface area (Å²) in [6, 6.07) is 17.2. The first-order valence-electron chi connectivity index (χ1n) is 13.4. The number of carbonyl (C=O) groups excluding carboxylic acids is 3. The van der Waals surface area contributed by atoms with Gasteiger partial charge in [-0.3, -0.25) is 14.4 Å². The highest BCUT2D eigenvalue weighted by Crippen LogP contribution is 2.24. The lowest BCUT2D eigenvalue weighted by Crippen LogP contribution is -2.53. The second kappa shape index (κ2) is 15.5. The number of carbonyl (C=O) groups is 3. The van der Waals surface area contributed by atoms with Crippen LogP contribution in [0.3, 0.4) is 0 Å². The van der Waals surface area contributed by atoms with Crippen LogP contribution < -0.4 is 27.8 Å². The van der Waals surface area contributed by atoms with Crippen molar-refractivity contribution in [2.45, 2.75) is 44.8 Å². The molecule has 40 heavy (non-hydrogen) atoms. The van der Waals surface area contributed by atoms with Gasteiger partial charge in [0.25, 0.3) is 0 Å². The Kier molecular flexibility index (Phi) is 11.8. The van der Waals surface area contributed by atoms with Crippen molar-refractivity contribution in [3.8, 4) is 11.3 Å². The summed E-state index contributed by atoms with van der Waals surface area (Å²) in [5.74, 6) is -0.701. The number of nitrogens with two attached hydrogens (primary N) is 3. The zero-order chi connectivity index (χ0) is 28.9. The number of nitrogens with zero attached hydrogens (tertiary/aromatic N) is 2. The Balaban J connectivity index is 1.69. The standard InChI is InChI=1S/C29H39N7O4/c1-20-23(27(35-40-20)22-10-6-3-7-11-22)19-33-29(39)25(13-12-21-8-4-2-5-9-21)34-28(38)24(32)18-26(37)36(16-14-30)17-15-31/h2-11,24-25H,12-19,30-32H2,1H3,(H,33,39)(H,34,38). The van der Waals surface area contributed by atoms with E-state index < -0.39 is 18.0 Å². The number of aryl methyl sites for hydroxylation is 2. The van der Waals surface area contributed by atoms with Gasteiger partial charge in [0.15, 0.2) is 0 Å². The molecular formula is C29H39N7O4. The molecule has 0 aliphatic heterocycles. The fourth-order valence-electron chi connectivity index (χ4n) is 4.31. The normalized spacial score (nSPS) is 12.4. The lowest BCUT2D eigenvalue weighted by atomic mass is 10.0. The highest BCUT2D eigenvalue weighted by Gasteiger charge is 2.27. The van der Waals surface area contributed by atoms with E-state index >= 15 is 0 Å². The maximum Gasteiger partial charge on any atom is 0.242 e. The topological polar surface area (TPSA) is 183 Å². The number of aromatic nitrogens is 1. The number of rotatable bonds is 15. The molecule has 3 rings (SSSR count). The highest BCUT2D eigenvalue weighted by molar-refractivity contribution is 5.92. The summed E-state index contributed by atoms with van der Waals surface area (Å²) < 4.78 is 5.40. The van der Waals surface area contributed by atoms with Crippen molar-refractivity contribution in [2.75, 3.05) is 26.2 Å². The molecule has 2 aromatic carbocycles. The van der Waals surface area contributed by atoms with Crippen LogP contribution in [0, 0.1) is 6.92 Å². The molecule has 11 heteroatoms. The number of hydrogen-bond acceptors (Lipinski definition) is 8. The first-order chi connectivity index (χ1) is 19.3. The average molecular weight is 550 g/mol. The minimum Gasteiger partial charge on any atom is -0.361 e. The van der Waals surface area contributed by atoms with Crippen LogP contribution in [0.2, 0.25) is 0 Å². The van der Waals surface area contributed by atoms with Gasteiger partial charge in [-0.15, -0.1) is 0 Å². The Bertz CT molecular complexity index is 1230. The van der Waals surface area contributed by atoms with Crippen LogP contribution in [0.5, 0.6) is 0 Å². The molecule has 214 valence electrons. The summed E-state index contributed by atoms with van der Waals surface area (Å²) >= 11 is 0. The lowest BCUT2D eigenvalue weighted by Gasteiger charge is -2.24. The number of nitrogens with one attached hydrogen (secondary N) is 2. The van der Waals surface area contributed by atoms with Gasteiger partial charge >= 0.3 is 0 Å². The molecule has 8 N–H and O–H groups in total. The molecule has 0 fully saturated rings. The van der Waals surface area contributed by atoms with Crippen molar-refractivity contribution in [3.63, 3.8) is 0 Å². The van der Waals surface area contributed by atoms with Crippen LogP contribution in [0.4, 0.5) is 0 Å². The second-order valence-electron chi connectivity index (χ2n) is 9.50. The third-order valence-electron chi connectivity index (χ3n) is 6.55. The van der Waals surface area contributed by atoms with Crippen LogP contribution in [0.25, 0.3) is 11.3 Å². The van der Waals surface area contributed by atoms with Gasteiger partial charge < -0.3 is 37.3 Å². The van der Waals surface area contributed by atoms with Crippen molar-refractivity contribution in [3.05, 3.63) is 77.6 Å². The number of benzene rings is 2. The Morgan fingerprint density at radius 1 is 0.950 bits per heavy atom. The van der Waals surface area contributed by atoms with E-state index in [9.17, 15) is 14.4 Å². The van der Waals surface area contributed by atoms with E-state index in [2.05, 4.69) is 15.8 Å². The Morgan fingerprint density at radius 2 is 1.57 bits per heavy atom. The molecule has 1 aromatic heterocycles.